The van der Waals surface area contributed by atoms with Crippen LogP contribution in [-0.4, -0.2) is 12.5 Å². The van der Waals surface area contributed by atoms with E-state index in [4.69, 9.17) is 4.74 Å². The monoisotopic (exact) mass is 301 g/mol. The molecule has 0 aliphatic heterocycles. The first-order chi connectivity index (χ1) is 10.5. The van der Waals surface area contributed by atoms with E-state index < -0.39 is 0 Å². The first kappa shape index (κ1) is 16.0. The number of aryl methyl sites for hydroxylation is 2. The topological polar surface area (TPSA) is 38.3 Å². The van der Waals surface area contributed by atoms with Crippen LogP contribution in [0.1, 0.15) is 24.0 Å². The van der Waals surface area contributed by atoms with Gasteiger partial charge in [-0.1, -0.05) is 17.7 Å². The maximum atomic E-state index is 12.8. The van der Waals surface area contributed by atoms with Crippen LogP contribution < -0.4 is 10.1 Å². The third kappa shape index (κ3) is 4.88. The van der Waals surface area contributed by atoms with Crippen molar-refractivity contribution in [2.75, 3.05) is 11.9 Å². The van der Waals surface area contributed by atoms with Crippen LogP contribution in [0.5, 0.6) is 5.75 Å². The maximum absolute atomic E-state index is 12.8. The van der Waals surface area contributed by atoms with Crippen LogP contribution >= 0.6 is 0 Å². The third-order valence-corrected chi connectivity index (χ3v) is 3.26. The number of hydrogen-bond acceptors (Lipinski definition) is 2. The highest BCUT2D eigenvalue weighted by molar-refractivity contribution is 5.90. The van der Waals surface area contributed by atoms with Gasteiger partial charge in [0.25, 0.3) is 0 Å². The molecule has 0 spiro atoms. The van der Waals surface area contributed by atoms with E-state index in [1.54, 1.807) is 12.1 Å². The molecule has 1 N–H and O–H groups in total. The van der Waals surface area contributed by atoms with Crippen molar-refractivity contribution in [1.82, 2.24) is 0 Å². The van der Waals surface area contributed by atoms with Crippen molar-refractivity contribution in [3.05, 3.63) is 59.4 Å². The average molecular weight is 301 g/mol. The summed E-state index contributed by atoms with van der Waals surface area (Å²) in [6, 6.07) is 11.7. The molecule has 0 aromatic heterocycles. The van der Waals surface area contributed by atoms with Crippen LogP contribution in [0.25, 0.3) is 0 Å². The second-order valence-electron chi connectivity index (χ2n) is 5.28. The van der Waals surface area contributed by atoms with E-state index in [9.17, 15) is 9.18 Å². The zero-order chi connectivity index (χ0) is 15.9. The molecule has 1 amide bonds. The fourth-order valence-corrected chi connectivity index (χ4v) is 2.13. The fraction of sp³-hybridized carbons (Fsp3) is 0.278. The molecule has 0 aliphatic carbocycles. The Morgan fingerprint density at radius 2 is 1.86 bits per heavy atom. The van der Waals surface area contributed by atoms with Crippen molar-refractivity contribution in [1.29, 1.82) is 0 Å². The van der Waals surface area contributed by atoms with Gasteiger partial charge in [-0.2, -0.15) is 0 Å². The smallest absolute Gasteiger partial charge is 0.224 e. The maximum Gasteiger partial charge on any atom is 0.224 e. The molecular weight excluding hydrogens is 281 g/mol. The summed E-state index contributed by atoms with van der Waals surface area (Å²) in [6.45, 7) is 4.53. The Hall–Kier alpha value is -2.36. The minimum absolute atomic E-state index is 0.101. The summed E-state index contributed by atoms with van der Waals surface area (Å²) in [5.74, 6) is 0.431. The summed E-state index contributed by atoms with van der Waals surface area (Å²) in [5, 5.41) is 2.73. The molecule has 2 aromatic carbocycles. The van der Waals surface area contributed by atoms with E-state index in [0.717, 1.165) is 11.3 Å². The van der Waals surface area contributed by atoms with Crippen LogP contribution in [0.3, 0.4) is 0 Å². The summed E-state index contributed by atoms with van der Waals surface area (Å²) in [7, 11) is 0. The largest absolute Gasteiger partial charge is 0.493 e. The lowest BCUT2D eigenvalue weighted by molar-refractivity contribution is -0.116. The van der Waals surface area contributed by atoms with Gasteiger partial charge in [0, 0.05) is 12.1 Å². The number of nitrogens with one attached hydrogen (secondary N) is 1. The van der Waals surface area contributed by atoms with Crippen LogP contribution in [0, 0.1) is 19.7 Å². The van der Waals surface area contributed by atoms with Crippen molar-refractivity contribution in [3.8, 4) is 5.75 Å². The number of benzene rings is 2. The second-order valence-corrected chi connectivity index (χ2v) is 5.28. The first-order valence-corrected chi connectivity index (χ1v) is 7.30. The van der Waals surface area contributed by atoms with Gasteiger partial charge >= 0.3 is 0 Å². The predicted octanol–water partition coefficient (Wildman–Crippen LogP) is 4.24. The number of halogens is 1. The van der Waals surface area contributed by atoms with Gasteiger partial charge in [0.15, 0.2) is 0 Å². The van der Waals surface area contributed by atoms with E-state index in [-0.39, 0.29) is 11.7 Å². The number of ether oxygens (including phenoxy) is 1. The van der Waals surface area contributed by atoms with Crippen molar-refractivity contribution >= 4 is 11.6 Å². The molecule has 0 fully saturated rings. The van der Waals surface area contributed by atoms with E-state index in [1.165, 1.54) is 17.7 Å². The minimum Gasteiger partial charge on any atom is -0.493 e. The summed E-state index contributed by atoms with van der Waals surface area (Å²) >= 11 is 0. The van der Waals surface area contributed by atoms with Gasteiger partial charge in [-0.15, -0.1) is 0 Å². The molecule has 2 rings (SSSR count). The molecule has 3 nitrogen and oxygen atoms in total. The molecule has 2 aromatic rings. The van der Waals surface area contributed by atoms with E-state index in [0.29, 0.717) is 25.1 Å². The lowest BCUT2D eigenvalue weighted by atomic mass is 10.1. The summed E-state index contributed by atoms with van der Waals surface area (Å²) in [6.07, 6.45) is 0.989. The molecule has 0 unspecified atom stereocenters. The molecule has 0 aliphatic rings. The molecule has 116 valence electrons. The first-order valence-electron chi connectivity index (χ1n) is 7.30. The summed E-state index contributed by atoms with van der Waals surface area (Å²) in [5.41, 5.74) is 2.89. The van der Waals surface area contributed by atoms with Crippen molar-refractivity contribution in [2.24, 2.45) is 0 Å². The van der Waals surface area contributed by atoms with Gasteiger partial charge in [-0.3, -0.25) is 4.79 Å². The second kappa shape index (κ2) is 7.59. The standard InChI is InChI=1S/C18H20FNO2/c1-13-5-10-17(14(2)12-13)22-11-3-4-18(21)20-16-8-6-15(19)7-9-16/h5-10,12H,3-4,11H2,1-2H3,(H,20,21). The van der Waals surface area contributed by atoms with Crippen LogP contribution in [0.4, 0.5) is 10.1 Å². The number of anilines is 1. The number of amides is 1. The number of carbonyl (C=O) groups is 1. The molecule has 0 saturated heterocycles. The quantitative estimate of drug-likeness (QED) is 0.810. The third-order valence-electron chi connectivity index (χ3n) is 3.26. The Bertz CT molecular complexity index is 638. The molecule has 0 heterocycles. The Morgan fingerprint density at radius 3 is 2.55 bits per heavy atom. The van der Waals surface area contributed by atoms with Gasteiger partial charge in [0.05, 0.1) is 6.61 Å². The highest BCUT2D eigenvalue weighted by Crippen LogP contribution is 2.19. The van der Waals surface area contributed by atoms with Crippen molar-refractivity contribution < 1.29 is 13.9 Å². The molecular formula is C18H20FNO2. The highest BCUT2D eigenvalue weighted by Gasteiger charge is 2.04. The zero-order valence-corrected chi connectivity index (χ0v) is 12.9. The van der Waals surface area contributed by atoms with Gasteiger partial charge < -0.3 is 10.1 Å². The van der Waals surface area contributed by atoms with Gasteiger partial charge in [-0.05, 0) is 56.2 Å². The summed E-state index contributed by atoms with van der Waals surface area (Å²) in [4.78, 5) is 11.8. The molecule has 0 atom stereocenters. The lowest BCUT2D eigenvalue weighted by Crippen LogP contribution is -2.12. The molecule has 0 bridgehead atoms. The Labute approximate surface area is 130 Å². The minimum atomic E-state index is -0.320. The summed E-state index contributed by atoms with van der Waals surface area (Å²) < 4.78 is 18.4. The number of rotatable bonds is 6. The van der Waals surface area contributed by atoms with Crippen LogP contribution in [0.15, 0.2) is 42.5 Å². The number of hydrogen-bond donors (Lipinski definition) is 1. The van der Waals surface area contributed by atoms with Gasteiger partial charge in [-0.25, -0.2) is 4.39 Å². The Morgan fingerprint density at radius 1 is 1.14 bits per heavy atom. The molecule has 0 saturated carbocycles. The average Bonchev–Trinajstić information content (AvgIpc) is 2.48. The number of carbonyl (C=O) groups excluding carboxylic acids is 1. The lowest BCUT2D eigenvalue weighted by Gasteiger charge is -2.10. The van der Waals surface area contributed by atoms with Gasteiger partial charge in [0.1, 0.15) is 11.6 Å². The predicted molar refractivity (Wildman–Crippen MR) is 85.7 cm³/mol. The van der Waals surface area contributed by atoms with E-state index >= 15 is 0 Å². The molecule has 22 heavy (non-hydrogen) atoms. The normalized spacial score (nSPS) is 10.3. The highest BCUT2D eigenvalue weighted by atomic mass is 19.1. The molecule has 0 radical (unpaired) electrons. The zero-order valence-electron chi connectivity index (χ0n) is 12.9. The van der Waals surface area contributed by atoms with Crippen LogP contribution in [0.2, 0.25) is 0 Å². The fourth-order valence-electron chi connectivity index (χ4n) is 2.13. The SMILES string of the molecule is Cc1ccc(OCCCC(=O)Nc2ccc(F)cc2)c(C)c1. The van der Waals surface area contributed by atoms with Crippen molar-refractivity contribution in [3.63, 3.8) is 0 Å². The molecule has 4 heteroatoms. The Kier molecular flexibility index (Phi) is 5.53. The van der Waals surface area contributed by atoms with Gasteiger partial charge in [0.2, 0.25) is 5.91 Å². The Balaban J connectivity index is 1.72. The van der Waals surface area contributed by atoms with Crippen molar-refractivity contribution in [2.45, 2.75) is 26.7 Å². The van der Waals surface area contributed by atoms with Crippen LogP contribution in [-0.2, 0) is 4.79 Å². The van der Waals surface area contributed by atoms with E-state index in [1.807, 2.05) is 26.0 Å². The van der Waals surface area contributed by atoms with E-state index in [2.05, 4.69) is 11.4 Å².